The zero-order valence-corrected chi connectivity index (χ0v) is 12.2. The third kappa shape index (κ3) is 4.13. The van der Waals surface area contributed by atoms with Crippen molar-refractivity contribution in [3.8, 4) is 0 Å². The van der Waals surface area contributed by atoms with E-state index in [0.717, 1.165) is 29.4 Å². The molecular weight excluding hydrogens is 279 g/mol. The summed E-state index contributed by atoms with van der Waals surface area (Å²) in [6.45, 7) is 1.59. The first-order chi connectivity index (χ1) is 9.04. The van der Waals surface area contributed by atoms with Crippen LogP contribution in [0.2, 0.25) is 10.0 Å². The molecule has 0 saturated carbocycles. The fraction of sp³-hybridized carbons (Fsp3) is 0.200. The number of hydrogen-bond acceptors (Lipinski definition) is 2. The molecule has 100 valence electrons. The maximum Gasteiger partial charge on any atom is 0.0452 e. The molecule has 0 aliphatic rings. The van der Waals surface area contributed by atoms with Gasteiger partial charge in [0, 0.05) is 28.8 Å². The Morgan fingerprint density at radius 3 is 2.37 bits per heavy atom. The van der Waals surface area contributed by atoms with Crippen molar-refractivity contribution < 1.29 is 0 Å². The Morgan fingerprint density at radius 2 is 1.68 bits per heavy atom. The third-order valence-corrected chi connectivity index (χ3v) is 3.48. The normalized spacial score (nSPS) is 10.9. The largest absolute Gasteiger partial charge is 0.399 e. The third-order valence-electron chi connectivity index (χ3n) is 2.88. The number of nitrogens with two attached hydrogens (primary N) is 1. The molecule has 0 atom stereocenters. The highest BCUT2D eigenvalue weighted by atomic mass is 35.5. The smallest absolute Gasteiger partial charge is 0.0452 e. The molecule has 2 nitrogen and oxygen atoms in total. The summed E-state index contributed by atoms with van der Waals surface area (Å²) in [5.41, 5.74) is 8.71. The van der Waals surface area contributed by atoms with Crippen LogP contribution in [0, 0.1) is 0 Å². The summed E-state index contributed by atoms with van der Waals surface area (Å²) in [4.78, 5) is 2.18. The molecule has 0 fully saturated rings. The summed E-state index contributed by atoms with van der Waals surface area (Å²) in [6, 6.07) is 13.4. The van der Waals surface area contributed by atoms with Crippen LogP contribution in [0.3, 0.4) is 0 Å². The van der Waals surface area contributed by atoms with Gasteiger partial charge in [0.15, 0.2) is 0 Å². The minimum Gasteiger partial charge on any atom is -0.399 e. The summed E-state index contributed by atoms with van der Waals surface area (Å²) in [6.07, 6.45) is 0. The van der Waals surface area contributed by atoms with E-state index in [9.17, 15) is 0 Å². The molecule has 0 bridgehead atoms. The van der Waals surface area contributed by atoms with E-state index < -0.39 is 0 Å². The Bertz CT molecular complexity index is 553. The van der Waals surface area contributed by atoms with Gasteiger partial charge in [-0.1, -0.05) is 35.3 Å². The Balaban J connectivity index is 2.02. The van der Waals surface area contributed by atoms with Crippen molar-refractivity contribution in [3.63, 3.8) is 0 Å². The maximum absolute atomic E-state index is 6.16. The van der Waals surface area contributed by atoms with Crippen molar-refractivity contribution in [2.45, 2.75) is 13.1 Å². The van der Waals surface area contributed by atoms with E-state index in [-0.39, 0.29) is 0 Å². The first kappa shape index (κ1) is 14.2. The van der Waals surface area contributed by atoms with Crippen LogP contribution < -0.4 is 5.73 Å². The summed E-state index contributed by atoms with van der Waals surface area (Å²) < 4.78 is 0. The number of rotatable bonds is 4. The molecule has 4 heteroatoms. The Labute approximate surface area is 123 Å². The van der Waals surface area contributed by atoms with E-state index in [4.69, 9.17) is 28.9 Å². The molecule has 0 aromatic heterocycles. The van der Waals surface area contributed by atoms with Gasteiger partial charge in [0.05, 0.1) is 0 Å². The minimum absolute atomic E-state index is 0.709. The molecule has 2 N–H and O–H groups in total. The number of nitrogens with zero attached hydrogens (tertiary/aromatic N) is 1. The average Bonchev–Trinajstić information content (AvgIpc) is 2.37. The molecule has 0 aliphatic heterocycles. The van der Waals surface area contributed by atoms with Crippen LogP contribution in [0.5, 0.6) is 0 Å². The van der Waals surface area contributed by atoms with Crippen LogP contribution in [0.4, 0.5) is 5.69 Å². The van der Waals surface area contributed by atoms with E-state index in [1.54, 1.807) is 6.07 Å². The van der Waals surface area contributed by atoms with Gasteiger partial charge in [0.1, 0.15) is 0 Å². The lowest BCUT2D eigenvalue weighted by Gasteiger charge is -2.18. The van der Waals surface area contributed by atoms with Crippen LogP contribution >= 0.6 is 23.2 Å². The molecular formula is C15H16Cl2N2. The predicted molar refractivity (Wildman–Crippen MR) is 82.5 cm³/mol. The predicted octanol–water partition coefficient (Wildman–Crippen LogP) is 4.21. The topological polar surface area (TPSA) is 29.3 Å². The molecule has 2 aromatic carbocycles. The second-order valence-electron chi connectivity index (χ2n) is 4.65. The van der Waals surface area contributed by atoms with Crippen molar-refractivity contribution in [1.29, 1.82) is 0 Å². The van der Waals surface area contributed by atoms with Gasteiger partial charge in [0.2, 0.25) is 0 Å². The zero-order chi connectivity index (χ0) is 13.8. The van der Waals surface area contributed by atoms with Gasteiger partial charge in [0.25, 0.3) is 0 Å². The molecule has 0 aliphatic carbocycles. The monoisotopic (exact) mass is 294 g/mol. The number of benzene rings is 2. The fourth-order valence-electron chi connectivity index (χ4n) is 1.95. The number of hydrogen-bond donors (Lipinski definition) is 1. The summed E-state index contributed by atoms with van der Waals surface area (Å²) in [5.74, 6) is 0. The Kier molecular flexibility index (Phi) is 4.70. The van der Waals surface area contributed by atoms with E-state index in [2.05, 4.69) is 4.90 Å². The quantitative estimate of drug-likeness (QED) is 0.856. The fourth-order valence-corrected chi connectivity index (χ4v) is 2.32. The zero-order valence-electron chi connectivity index (χ0n) is 10.7. The highest BCUT2D eigenvalue weighted by Crippen LogP contribution is 2.22. The van der Waals surface area contributed by atoms with Gasteiger partial charge >= 0.3 is 0 Å². The highest BCUT2D eigenvalue weighted by Gasteiger charge is 2.06. The molecule has 0 amide bonds. The number of halogens is 2. The van der Waals surface area contributed by atoms with Gasteiger partial charge < -0.3 is 5.73 Å². The lowest BCUT2D eigenvalue weighted by atomic mass is 10.1. The molecule has 0 saturated heterocycles. The van der Waals surface area contributed by atoms with Crippen molar-refractivity contribution in [1.82, 2.24) is 4.90 Å². The lowest BCUT2D eigenvalue weighted by Crippen LogP contribution is -2.17. The molecule has 2 rings (SSSR count). The highest BCUT2D eigenvalue weighted by molar-refractivity contribution is 6.33. The van der Waals surface area contributed by atoms with Crippen LogP contribution in [0.25, 0.3) is 0 Å². The van der Waals surface area contributed by atoms with Crippen LogP contribution in [-0.2, 0) is 13.1 Å². The van der Waals surface area contributed by atoms with Crippen LogP contribution in [0.15, 0.2) is 42.5 Å². The molecule has 0 heterocycles. The van der Waals surface area contributed by atoms with Crippen molar-refractivity contribution in [2.24, 2.45) is 0 Å². The van der Waals surface area contributed by atoms with E-state index >= 15 is 0 Å². The Morgan fingerprint density at radius 1 is 1.00 bits per heavy atom. The van der Waals surface area contributed by atoms with E-state index in [1.165, 1.54) is 5.56 Å². The lowest BCUT2D eigenvalue weighted by molar-refractivity contribution is 0.319. The summed E-state index contributed by atoms with van der Waals surface area (Å²) in [5, 5.41) is 1.45. The van der Waals surface area contributed by atoms with E-state index in [0.29, 0.717) is 5.02 Å². The van der Waals surface area contributed by atoms with Gasteiger partial charge in [-0.2, -0.15) is 0 Å². The van der Waals surface area contributed by atoms with E-state index in [1.807, 2.05) is 43.4 Å². The van der Waals surface area contributed by atoms with Gasteiger partial charge in [-0.25, -0.2) is 0 Å². The van der Waals surface area contributed by atoms with Crippen molar-refractivity contribution in [3.05, 3.63) is 63.6 Å². The van der Waals surface area contributed by atoms with Crippen molar-refractivity contribution in [2.75, 3.05) is 12.8 Å². The molecule has 19 heavy (non-hydrogen) atoms. The summed E-state index contributed by atoms with van der Waals surface area (Å²) >= 11 is 12.1. The maximum atomic E-state index is 6.16. The van der Waals surface area contributed by atoms with Gasteiger partial charge in [-0.05, 0) is 48.5 Å². The minimum atomic E-state index is 0.709. The standard InChI is InChI=1S/C15H16Cl2N2/c1-19(9-11-2-5-14(18)6-3-11)10-12-8-13(16)4-7-15(12)17/h2-8H,9-10,18H2,1H3. The second-order valence-corrected chi connectivity index (χ2v) is 5.49. The van der Waals surface area contributed by atoms with Gasteiger partial charge in [-0.3, -0.25) is 4.90 Å². The molecule has 0 unspecified atom stereocenters. The average molecular weight is 295 g/mol. The number of anilines is 1. The molecule has 0 spiro atoms. The number of nitrogen functional groups attached to an aromatic ring is 1. The van der Waals surface area contributed by atoms with Gasteiger partial charge in [-0.15, -0.1) is 0 Å². The molecule has 2 aromatic rings. The molecule has 0 radical (unpaired) electrons. The first-order valence-corrected chi connectivity index (χ1v) is 6.77. The first-order valence-electron chi connectivity index (χ1n) is 6.01. The SMILES string of the molecule is CN(Cc1ccc(N)cc1)Cc1cc(Cl)ccc1Cl. The second kappa shape index (κ2) is 6.29. The summed E-state index contributed by atoms with van der Waals surface area (Å²) in [7, 11) is 2.05. The van der Waals surface area contributed by atoms with Crippen molar-refractivity contribution >= 4 is 28.9 Å². The Hall–Kier alpha value is -1.22. The van der Waals surface area contributed by atoms with Crippen LogP contribution in [-0.4, -0.2) is 11.9 Å². The van der Waals surface area contributed by atoms with Crippen LogP contribution in [0.1, 0.15) is 11.1 Å².